The molecule has 0 atom stereocenters. The molecule has 0 radical (unpaired) electrons. The monoisotopic (exact) mass is 494 g/mol. The summed E-state index contributed by atoms with van der Waals surface area (Å²) < 4.78 is 0. The molecule has 1 amide bonds. The van der Waals surface area contributed by atoms with Crippen molar-refractivity contribution in [1.29, 1.82) is 0 Å². The molecule has 0 aromatic carbocycles. The summed E-state index contributed by atoms with van der Waals surface area (Å²) in [5, 5.41) is 11.2. The smallest absolute Gasteiger partial charge is 0.226 e. The highest BCUT2D eigenvalue weighted by atomic mass is 32.1. The van der Waals surface area contributed by atoms with Gasteiger partial charge in [0.15, 0.2) is 11.5 Å². The Morgan fingerprint density at radius 2 is 1.86 bits per heavy atom. The number of aromatic amines is 2. The summed E-state index contributed by atoms with van der Waals surface area (Å²) in [6.45, 7) is 5.79. The molecule has 10 heteroatoms. The Kier molecular flexibility index (Phi) is 5.30. The lowest BCUT2D eigenvalue weighted by atomic mass is 10.1. The lowest BCUT2D eigenvalue weighted by Crippen LogP contribution is -2.17. The Morgan fingerprint density at radius 1 is 1.03 bits per heavy atom. The van der Waals surface area contributed by atoms with E-state index in [2.05, 4.69) is 54.5 Å². The average molecular weight is 495 g/mol. The normalized spacial score (nSPS) is 11.6. The first-order valence-electron chi connectivity index (χ1n) is 11.5. The summed E-state index contributed by atoms with van der Waals surface area (Å²) in [4.78, 5) is 36.0. The van der Waals surface area contributed by atoms with Gasteiger partial charge in [0.2, 0.25) is 5.91 Å². The molecular formula is C26H22N8OS. The van der Waals surface area contributed by atoms with E-state index < -0.39 is 0 Å². The Labute approximate surface area is 210 Å². The van der Waals surface area contributed by atoms with Gasteiger partial charge in [-0.3, -0.25) is 19.9 Å². The van der Waals surface area contributed by atoms with Crippen molar-refractivity contribution in [1.82, 2.24) is 35.1 Å². The number of nitrogens with zero attached hydrogens (tertiary/aromatic N) is 5. The maximum absolute atomic E-state index is 12.1. The van der Waals surface area contributed by atoms with Crippen molar-refractivity contribution in [3.8, 4) is 33.1 Å². The van der Waals surface area contributed by atoms with Gasteiger partial charge in [-0.05, 0) is 31.2 Å². The van der Waals surface area contributed by atoms with E-state index in [9.17, 15) is 4.79 Å². The van der Waals surface area contributed by atoms with Crippen LogP contribution in [-0.4, -0.2) is 41.0 Å². The number of H-pyrrole nitrogens is 2. The molecule has 0 fully saturated rings. The minimum atomic E-state index is -0.122. The van der Waals surface area contributed by atoms with Gasteiger partial charge >= 0.3 is 0 Å². The SMILES string of the molecule is Cc1ccc(-c2cncc3[nH]c(-c4[nH]nc5ncc(-c6cncc(NC(=O)C(C)C)c6)cc45)nc23)s1. The molecular weight excluding hydrogens is 472 g/mol. The minimum absolute atomic E-state index is 0.0592. The second-order valence-corrected chi connectivity index (χ2v) is 10.2. The summed E-state index contributed by atoms with van der Waals surface area (Å²) in [6, 6.07) is 8.08. The minimum Gasteiger partial charge on any atom is -0.335 e. The van der Waals surface area contributed by atoms with E-state index in [0.717, 1.165) is 43.7 Å². The van der Waals surface area contributed by atoms with Crippen molar-refractivity contribution in [2.24, 2.45) is 5.92 Å². The second kappa shape index (κ2) is 8.65. The van der Waals surface area contributed by atoms with Crippen LogP contribution in [0.5, 0.6) is 0 Å². The van der Waals surface area contributed by atoms with Gasteiger partial charge in [0.1, 0.15) is 11.2 Å². The van der Waals surface area contributed by atoms with Gasteiger partial charge in [-0.15, -0.1) is 11.3 Å². The summed E-state index contributed by atoms with van der Waals surface area (Å²) in [6.07, 6.45) is 8.75. The molecule has 0 aliphatic carbocycles. The third kappa shape index (κ3) is 3.91. The predicted molar refractivity (Wildman–Crippen MR) is 142 cm³/mol. The highest BCUT2D eigenvalue weighted by Crippen LogP contribution is 2.34. The summed E-state index contributed by atoms with van der Waals surface area (Å²) in [5.41, 5.74) is 6.33. The second-order valence-electron chi connectivity index (χ2n) is 8.88. The summed E-state index contributed by atoms with van der Waals surface area (Å²) in [5.74, 6) is 0.477. The fourth-order valence-electron chi connectivity index (χ4n) is 4.00. The Bertz CT molecular complexity index is 1750. The van der Waals surface area contributed by atoms with E-state index in [4.69, 9.17) is 4.98 Å². The number of amides is 1. The molecule has 178 valence electrons. The molecule has 0 bridgehead atoms. The molecule has 0 aliphatic heterocycles. The number of anilines is 1. The third-order valence-corrected chi connectivity index (χ3v) is 6.94. The molecule has 9 nitrogen and oxygen atoms in total. The van der Waals surface area contributed by atoms with Crippen LogP contribution >= 0.6 is 11.3 Å². The van der Waals surface area contributed by atoms with Gasteiger partial charge in [-0.1, -0.05) is 13.8 Å². The zero-order chi connectivity index (χ0) is 24.8. The van der Waals surface area contributed by atoms with Gasteiger partial charge in [0, 0.05) is 51.0 Å². The number of pyridine rings is 3. The van der Waals surface area contributed by atoms with Gasteiger partial charge in [0.25, 0.3) is 0 Å². The number of nitrogens with one attached hydrogen (secondary N) is 3. The van der Waals surface area contributed by atoms with Gasteiger partial charge < -0.3 is 10.3 Å². The number of thiophene rings is 1. The molecule has 6 aromatic heterocycles. The maximum Gasteiger partial charge on any atom is 0.226 e. The molecule has 0 spiro atoms. The third-order valence-electron chi connectivity index (χ3n) is 5.91. The molecule has 0 saturated heterocycles. The molecule has 0 aliphatic rings. The number of hydrogen-bond donors (Lipinski definition) is 3. The van der Waals surface area contributed by atoms with Crippen molar-refractivity contribution >= 4 is 45.0 Å². The van der Waals surface area contributed by atoms with E-state index in [0.29, 0.717) is 17.2 Å². The van der Waals surface area contributed by atoms with E-state index in [1.54, 1.807) is 36.1 Å². The lowest BCUT2D eigenvalue weighted by Gasteiger charge is -2.09. The van der Waals surface area contributed by atoms with E-state index in [1.807, 2.05) is 32.2 Å². The Balaban J connectivity index is 1.41. The zero-order valence-electron chi connectivity index (χ0n) is 19.8. The van der Waals surface area contributed by atoms with Crippen molar-refractivity contribution < 1.29 is 4.79 Å². The summed E-state index contributed by atoms with van der Waals surface area (Å²) >= 11 is 1.71. The number of aryl methyl sites for hydroxylation is 1. The lowest BCUT2D eigenvalue weighted by molar-refractivity contribution is -0.118. The maximum atomic E-state index is 12.1. The standard InChI is InChI=1S/C26H22N8OS/c1-13(2)26(35)30-17-6-15(8-27-10-17)16-7-18-23(33-34-24(18)29-9-16)25-31-20-12-28-11-19(22(20)32-25)21-5-4-14(3)36-21/h4-13H,1-3H3,(H,30,35)(H,31,32)(H,29,33,34). The summed E-state index contributed by atoms with van der Waals surface area (Å²) in [7, 11) is 0. The molecule has 0 saturated carbocycles. The van der Waals surface area contributed by atoms with E-state index in [1.165, 1.54) is 4.88 Å². The molecule has 36 heavy (non-hydrogen) atoms. The van der Waals surface area contributed by atoms with Crippen LogP contribution in [0.1, 0.15) is 18.7 Å². The van der Waals surface area contributed by atoms with Crippen LogP contribution < -0.4 is 5.32 Å². The first-order chi connectivity index (χ1) is 17.5. The molecule has 3 N–H and O–H groups in total. The van der Waals surface area contributed by atoms with Crippen molar-refractivity contribution in [2.75, 3.05) is 5.32 Å². The fourth-order valence-corrected chi connectivity index (χ4v) is 4.88. The van der Waals surface area contributed by atoms with Crippen LogP contribution in [0.2, 0.25) is 0 Å². The van der Waals surface area contributed by atoms with Crippen LogP contribution in [0.4, 0.5) is 5.69 Å². The van der Waals surface area contributed by atoms with Crippen LogP contribution in [0.15, 0.2) is 55.2 Å². The number of rotatable bonds is 5. The van der Waals surface area contributed by atoms with Gasteiger partial charge in [0.05, 0.1) is 29.0 Å². The van der Waals surface area contributed by atoms with Crippen LogP contribution in [0.25, 0.3) is 55.2 Å². The zero-order valence-corrected chi connectivity index (χ0v) is 20.6. The number of hydrogen-bond acceptors (Lipinski definition) is 7. The van der Waals surface area contributed by atoms with E-state index in [-0.39, 0.29) is 11.8 Å². The highest BCUT2D eigenvalue weighted by molar-refractivity contribution is 7.15. The molecule has 6 rings (SSSR count). The fraction of sp³-hybridized carbons (Fsp3) is 0.154. The number of carbonyl (C=O) groups is 1. The largest absolute Gasteiger partial charge is 0.335 e. The number of fused-ring (bicyclic) bond motifs is 2. The van der Waals surface area contributed by atoms with Gasteiger partial charge in [-0.2, -0.15) is 5.10 Å². The van der Waals surface area contributed by atoms with E-state index >= 15 is 0 Å². The first kappa shape index (κ1) is 22.1. The van der Waals surface area contributed by atoms with Crippen LogP contribution in [0, 0.1) is 12.8 Å². The number of imidazole rings is 1. The highest BCUT2D eigenvalue weighted by Gasteiger charge is 2.17. The quantitative estimate of drug-likeness (QED) is 0.287. The van der Waals surface area contributed by atoms with Gasteiger partial charge in [-0.25, -0.2) is 9.97 Å². The topological polar surface area (TPSA) is 125 Å². The van der Waals surface area contributed by atoms with Crippen molar-refractivity contribution in [2.45, 2.75) is 20.8 Å². The Morgan fingerprint density at radius 3 is 2.67 bits per heavy atom. The van der Waals surface area contributed by atoms with Crippen LogP contribution in [0.3, 0.4) is 0 Å². The Hall–Kier alpha value is -4.44. The molecule has 6 aromatic rings. The number of carbonyl (C=O) groups excluding carboxylic acids is 1. The molecule has 6 heterocycles. The van der Waals surface area contributed by atoms with Crippen molar-refractivity contribution in [3.63, 3.8) is 0 Å². The number of aromatic nitrogens is 7. The van der Waals surface area contributed by atoms with Crippen molar-refractivity contribution in [3.05, 3.63) is 60.1 Å². The molecule has 0 unspecified atom stereocenters. The predicted octanol–water partition coefficient (Wildman–Crippen LogP) is 5.59. The average Bonchev–Trinajstić information content (AvgIpc) is 3.61. The van der Waals surface area contributed by atoms with Crippen LogP contribution in [-0.2, 0) is 4.79 Å². The first-order valence-corrected chi connectivity index (χ1v) is 12.3.